The molecule has 3 rings (SSSR count). The lowest BCUT2D eigenvalue weighted by Crippen LogP contribution is -2.42. The van der Waals surface area contributed by atoms with Crippen LogP contribution in [0.2, 0.25) is 10.0 Å². The van der Waals surface area contributed by atoms with E-state index < -0.39 is 11.9 Å². The van der Waals surface area contributed by atoms with Gasteiger partial charge in [-0.1, -0.05) is 79.7 Å². The van der Waals surface area contributed by atoms with E-state index >= 15 is 0 Å². The number of piperidine rings is 1. The molecule has 2 aromatic rings. The van der Waals surface area contributed by atoms with Gasteiger partial charge in [0.2, 0.25) is 0 Å². The maximum absolute atomic E-state index is 13.0. The van der Waals surface area contributed by atoms with Crippen molar-refractivity contribution in [1.29, 1.82) is 0 Å². The molecular formula is C24H25Cl2NO3S. The second-order valence-corrected chi connectivity index (χ2v) is 9.78. The van der Waals surface area contributed by atoms with Crippen molar-refractivity contribution in [3.8, 4) is 0 Å². The first-order valence-electron chi connectivity index (χ1n) is 10.2. The number of benzene rings is 2. The molecule has 0 aliphatic carbocycles. The minimum absolute atomic E-state index is 0.179. The molecule has 31 heavy (non-hydrogen) atoms. The number of carboxylic acids is 1. The van der Waals surface area contributed by atoms with Crippen molar-refractivity contribution in [2.45, 2.75) is 42.4 Å². The second kappa shape index (κ2) is 10.1. The molecule has 0 radical (unpaired) electrons. The van der Waals surface area contributed by atoms with Gasteiger partial charge in [-0.05, 0) is 36.5 Å². The van der Waals surface area contributed by atoms with E-state index in [0.717, 1.165) is 9.79 Å². The number of amides is 1. The van der Waals surface area contributed by atoms with Crippen LogP contribution in [0.4, 0.5) is 0 Å². The summed E-state index contributed by atoms with van der Waals surface area (Å²) in [6, 6.07) is 11.8. The summed E-state index contributed by atoms with van der Waals surface area (Å²) in [7, 11) is 0. The van der Waals surface area contributed by atoms with Crippen LogP contribution in [0.25, 0.3) is 5.57 Å². The van der Waals surface area contributed by atoms with E-state index in [-0.39, 0.29) is 23.0 Å². The van der Waals surface area contributed by atoms with Gasteiger partial charge in [-0.3, -0.25) is 9.59 Å². The summed E-state index contributed by atoms with van der Waals surface area (Å²) in [5.74, 6) is -1.38. The highest BCUT2D eigenvalue weighted by Gasteiger charge is 2.30. The Balaban J connectivity index is 1.83. The Kier molecular flexibility index (Phi) is 7.73. The fraction of sp³-hybridized carbons (Fsp3) is 0.333. The Morgan fingerprint density at radius 3 is 2.52 bits per heavy atom. The molecule has 1 saturated heterocycles. The molecule has 0 saturated carbocycles. The van der Waals surface area contributed by atoms with Crippen LogP contribution in [-0.4, -0.2) is 35.0 Å². The molecule has 4 nitrogen and oxygen atoms in total. The van der Waals surface area contributed by atoms with Crippen LogP contribution >= 0.6 is 35.0 Å². The van der Waals surface area contributed by atoms with E-state index in [1.54, 1.807) is 6.07 Å². The Morgan fingerprint density at radius 1 is 1.13 bits per heavy atom. The summed E-state index contributed by atoms with van der Waals surface area (Å²) < 4.78 is 0. The number of carbonyl (C=O) groups is 2. The molecule has 0 aromatic heterocycles. The van der Waals surface area contributed by atoms with Gasteiger partial charge in [-0.15, -0.1) is 0 Å². The molecule has 1 fully saturated rings. The zero-order valence-corrected chi connectivity index (χ0v) is 19.9. The Hall–Kier alpha value is -1.95. The third-order valence-corrected chi connectivity index (χ3v) is 7.59. The second-order valence-electron chi connectivity index (χ2n) is 7.94. The Morgan fingerprint density at radius 2 is 1.84 bits per heavy atom. The van der Waals surface area contributed by atoms with Crippen molar-refractivity contribution < 1.29 is 14.7 Å². The van der Waals surface area contributed by atoms with Crippen LogP contribution in [0, 0.1) is 5.92 Å². The Labute approximate surface area is 197 Å². The van der Waals surface area contributed by atoms with Gasteiger partial charge in [0.15, 0.2) is 0 Å². The number of halogens is 2. The van der Waals surface area contributed by atoms with Crippen LogP contribution in [0.3, 0.4) is 0 Å². The lowest BCUT2D eigenvalue weighted by Gasteiger charge is -2.31. The average molecular weight is 478 g/mol. The van der Waals surface area contributed by atoms with E-state index in [1.165, 1.54) is 22.2 Å². The summed E-state index contributed by atoms with van der Waals surface area (Å²) >= 11 is 14.7. The van der Waals surface area contributed by atoms with E-state index in [4.69, 9.17) is 23.2 Å². The monoisotopic (exact) mass is 477 g/mol. The van der Waals surface area contributed by atoms with Gasteiger partial charge in [-0.25, -0.2) is 0 Å². The van der Waals surface area contributed by atoms with Crippen molar-refractivity contribution in [1.82, 2.24) is 4.90 Å². The van der Waals surface area contributed by atoms with Crippen molar-refractivity contribution in [3.63, 3.8) is 0 Å². The van der Waals surface area contributed by atoms with Crippen LogP contribution in [-0.2, 0) is 9.59 Å². The van der Waals surface area contributed by atoms with Gasteiger partial charge < -0.3 is 10.0 Å². The van der Waals surface area contributed by atoms with Crippen molar-refractivity contribution in [2.75, 3.05) is 13.1 Å². The van der Waals surface area contributed by atoms with Crippen LogP contribution in [0.5, 0.6) is 0 Å². The lowest BCUT2D eigenvalue weighted by atomic mass is 9.97. The highest BCUT2D eigenvalue weighted by molar-refractivity contribution is 7.99. The number of nitrogens with zero attached hydrogens (tertiary/aromatic N) is 1. The molecule has 7 heteroatoms. The van der Waals surface area contributed by atoms with Gasteiger partial charge >= 0.3 is 5.97 Å². The quantitative estimate of drug-likeness (QED) is 0.475. The number of likely N-dealkylation sites (tertiary alicyclic amines) is 1. The standard InChI is InChI=1S/C24H25Cl2NO3S/c1-14(2)17-8-4-5-9-19(17)31-20-11-10-18(21(25)22(20)26)15(3)23(28)27-12-6-7-16(13-27)24(29)30/h4-5,8-11,14,16H,3,6-7,12-13H2,1-2H3,(H,29,30). The first-order valence-corrected chi connectivity index (χ1v) is 11.7. The van der Waals surface area contributed by atoms with E-state index in [9.17, 15) is 14.7 Å². The number of carbonyl (C=O) groups excluding carboxylic acids is 1. The third-order valence-electron chi connectivity index (χ3n) is 5.45. The van der Waals surface area contributed by atoms with Gasteiger partial charge in [0.1, 0.15) is 0 Å². The zero-order valence-electron chi connectivity index (χ0n) is 17.5. The number of aliphatic carboxylic acids is 1. The fourth-order valence-corrected chi connectivity index (χ4v) is 5.43. The summed E-state index contributed by atoms with van der Waals surface area (Å²) in [6.07, 6.45) is 1.22. The SMILES string of the molecule is C=C(C(=O)N1CCCC(C(=O)O)C1)c1ccc(Sc2ccccc2C(C)C)c(Cl)c1Cl. The largest absolute Gasteiger partial charge is 0.481 e. The smallest absolute Gasteiger partial charge is 0.308 e. The number of carboxylic acid groups (broad SMARTS) is 1. The topological polar surface area (TPSA) is 57.6 Å². The molecule has 1 aliphatic heterocycles. The summed E-state index contributed by atoms with van der Waals surface area (Å²) in [5, 5.41) is 9.93. The molecule has 164 valence electrons. The van der Waals surface area contributed by atoms with Gasteiger partial charge in [0.05, 0.1) is 16.0 Å². The molecule has 1 aliphatic rings. The summed E-state index contributed by atoms with van der Waals surface area (Å²) in [5.41, 5.74) is 1.91. The predicted octanol–water partition coefficient (Wildman–Crippen LogP) is 6.60. The number of hydrogen-bond acceptors (Lipinski definition) is 3. The molecule has 1 amide bonds. The lowest BCUT2D eigenvalue weighted by molar-refractivity contribution is -0.144. The van der Waals surface area contributed by atoms with Gasteiger partial charge in [-0.2, -0.15) is 0 Å². The maximum Gasteiger partial charge on any atom is 0.308 e. The molecule has 1 atom stereocenters. The summed E-state index contributed by atoms with van der Waals surface area (Å²) in [4.78, 5) is 27.7. The van der Waals surface area contributed by atoms with Gasteiger partial charge in [0, 0.05) is 34.0 Å². The summed E-state index contributed by atoms with van der Waals surface area (Å²) in [6.45, 7) is 8.90. The highest BCUT2D eigenvalue weighted by Crippen LogP contribution is 2.42. The van der Waals surface area contributed by atoms with Crippen molar-refractivity contribution in [3.05, 3.63) is 64.1 Å². The van der Waals surface area contributed by atoms with Gasteiger partial charge in [0.25, 0.3) is 5.91 Å². The molecule has 1 N–H and O–H groups in total. The predicted molar refractivity (Wildman–Crippen MR) is 127 cm³/mol. The first kappa shape index (κ1) is 23.7. The number of hydrogen-bond donors (Lipinski definition) is 1. The molecule has 1 unspecified atom stereocenters. The maximum atomic E-state index is 13.0. The van der Waals surface area contributed by atoms with E-state index in [1.807, 2.05) is 18.2 Å². The zero-order chi connectivity index (χ0) is 22.7. The minimum atomic E-state index is -0.882. The van der Waals surface area contributed by atoms with Crippen molar-refractivity contribution in [2.24, 2.45) is 5.92 Å². The normalized spacial score (nSPS) is 16.4. The molecule has 1 heterocycles. The van der Waals surface area contributed by atoms with Crippen LogP contribution in [0.1, 0.15) is 43.7 Å². The molecule has 0 spiro atoms. The van der Waals surface area contributed by atoms with Crippen molar-refractivity contribution >= 4 is 52.4 Å². The van der Waals surface area contributed by atoms with E-state index in [2.05, 4.69) is 32.6 Å². The van der Waals surface area contributed by atoms with Crippen LogP contribution in [0.15, 0.2) is 52.8 Å². The van der Waals surface area contributed by atoms with Crippen LogP contribution < -0.4 is 0 Å². The Bertz CT molecular complexity index is 1020. The minimum Gasteiger partial charge on any atom is -0.481 e. The fourth-order valence-electron chi connectivity index (χ4n) is 3.68. The average Bonchev–Trinajstić information content (AvgIpc) is 2.76. The molecule has 2 aromatic carbocycles. The molecule has 0 bridgehead atoms. The first-order chi connectivity index (χ1) is 14.7. The number of rotatable bonds is 6. The van der Waals surface area contributed by atoms with E-state index in [0.29, 0.717) is 35.9 Å². The highest BCUT2D eigenvalue weighted by atomic mass is 35.5. The molecular weight excluding hydrogens is 453 g/mol. The third kappa shape index (κ3) is 5.28.